The van der Waals surface area contributed by atoms with Crippen LogP contribution in [0.4, 0.5) is 5.69 Å². The first-order valence-electron chi connectivity index (χ1n) is 9.44. The van der Waals surface area contributed by atoms with Gasteiger partial charge < -0.3 is 15.3 Å². The van der Waals surface area contributed by atoms with Gasteiger partial charge in [0.05, 0.1) is 0 Å². The van der Waals surface area contributed by atoms with Gasteiger partial charge >= 0.3 is 0 Å². The molecule has 140 valence electrons. The third kappa shape index (κ3) is 2.16. The minimum Gasteiger partial charge on any atom is -0.361 e. The standard InChI is InChI=1S/C24H16BrN3O/c25-15-9-10-21-17(12-15)24(23(29)28-21,18-13-26-20-8-4-2-6-16(18)20)22-11-14-5-1-3-7-19(14)27-22/h1-13,26-27H,(H,28,29)/t24-/m0/s1. The van der Waals surface area contributed by atoms with Crippen LogP contribution in [0.15, 0.2) is 83.5 Å². The van der Waals surface area contributed by atoms with E-state index in [1.165, 1.54) is 0 Å². The lowest BCUT2D eigenvalue weighted by molar-refractivity contribution is -0.118. The van der Waals surface area contributed by atoms with E-state index in [1.807, 2.05) is 60.8 Å². The van der Waals surface area contributed by atoms with Crippen LogP contribution in [0, 0.1) is 0 Å². The second-order valence-corrected chi connectivity index (χ2v) is 8.33. The van der Waals surface area contributed by atoms with Crippen LogP contribution in [-0.2, 0) is 10.2 Å². The van der Waals surface area contributed by atoms with Gasteiger partial charge in [0.25, 0.3) is 0 Å². The van der Waals surface area contributed by atoms with Crippen molar-refractivity contribution in [2.45, 2.75) is 5.41 Å². The van der Waals surface area contributed by atoms with Crippen molar-refractivity contribution in [2.75, 3.05) is 5.32 Å². The molecule has 0 fully saturated rings. The van der Waals surface area contributed by atoms with Crippen molar-refractivity contribution in [3.63, 3.8) is 0 Å². The molecule has 3 heterocycles. The summed E-state index contributed by atoms with van der Waals surface area (Å²) in [6, 6.07) is 24.3. The highest BCUT2D eigenvalue weighted by Gasteiger charge is 2.52. The highest BCUT2D eigenvalue weighted by molar-refractivity contribution is 9.10. The first kappa shape index (κ1) is 16.6. The number of hydrogen-bond donors (Lipinski definition) is 3. The third-order valence-corrected chi connectivity index (χ3v) is 6.39. The highest BCUT2D eigenvalue weighted by atomic mass is 79.9. The second kappa shape index (κ2) is 5.84. The fourth-order valence-electron chi connectivity index (χ4n) is 4.61. The fourth-order valence-corrected chi connectivity index (χ4v) is 4.97. The van der Waals surface area contributed by atoms with Crippen LogP contribution in [0.3, 0.4) is 0 Å². The number of carbonyl (C=O) groups excluding carboxylic acids is 1. The summed E-state index contributed by atoms with van der Waals surface area (Å²) in [6.07, 6.45) is 1.96. The van der Waals surface area contributed by atoms with Gasteiger partial charge in [-0.25, -0.2) is 0 Å². The molecule has 0 radical (unpaired) electrons. The van der Waals surface area contributed by atoms with Crippen LogP contribution in [0.25, 0.3) is 21.8 Å². The Kier molecular flexibility index (Phi) is 3.35. The van der Waals surface area contributed by atoms with Crippen LogP contribution < -0.4 is 5.32 Å². The zero-order valence-corrected chi connectivity index (χ0v) is 16.9. The Morgan fingerprint density at radius 3 is 2.48 bits per heavy atom. The molecule has 1 aliphatic heterocycles. The number of aromatic amines is 2. The van der Waals surface area contributed by atoms with Crippen molar-refractivity contribution in [1.82, 2.24) is 9.97 Å². The van der Waals surface area contributed by atoms with Crippen LogP contribution >= 0.6 is 15.9 Å². The molecule has 1 aliphatic rings. The van der Waals surface area contributed by atoms with Crippen molar-refractivity contribution in [3.8, 4) is 0 Å². The molecule has 5 aromatic rings. The SMILES string of the molecule is O=C1Nc2ccc(Br)cc2[C@@]1(c1cc2ccccc2[nH]1)c1c[nH]c2ccccc12. The average Bonchev–Trinajstić information content (AvgIpc) is 3.41. The Hall–Kier alpha value is -3.31. The van der Waals surface area contributed by atoms with E-state index in [1.54, 1.807) is 0 Å². The molecule has 2 aromatic heterocycles. The van der Waals surface area contributed by atoms with Gasteiger partial charge in [0, 0.05) is 49.6 Å². The number of hydrogen-bond acceptors (Lipinski definition) is 1. The molecule has 5 heteroatoms. The largest absolute Gasteiger partial charge is 0.361 e. The topological polar surface area (TPSA) is 60.7 Å². The zero-order chi connectivity index (χ0) is 19.6. The predicted molar refractivity (Wildman–Crippen MR) is 119 cm³/mol. The minimum atomic E-state index is -0.974. The molecule has 0 aliphatic carbocycles. The summed E-state index contributed by atoms with van der Waals surface area (Å²) in [5.41, 5.74) is 4.62. The molecular formula is C24H16BrN3O. The molecule has 0 saturated heterocycles. The first-order chi connectivity index (χ1) is 14.2. The monoisotopic (exact) mass is 441 g/mol. The Morgan fingerprint density at radius 1 is 0.828 bits per heavy atom. The number of amides is 1. The summed E-state index contributed by atoms with van der Waals surface area (Å²) >= 11 is 3.60. The molecule has 3 aromatic carbocycles. The van der Waals surface area contributed by atoms with Crippen molar-refractivity contribution < 1.29 is 4.79 Å². The maximum Gasteiger partial charge on any atom is 0.245 e. The fraction of sp³-hybridized carbons (Fsp3) is 0.0417. The number of H-pyrrole nitrogens is 2. The second-order valence-electron chi connectivity index (χ2n) is 7.41. The van der Waals surface area contributed by atoms with Crippen molar-refractivity contribution in [2.24, 2.45) is 0 Å². The number of halogens is 1. The van der Waals surface area contributed by atoms with Crippen molar-refractivity contribution in [1.29, 1.82) is 0 Å². The molecule has 3 N–H and O–H groups in total. The molecule has 0 unspecified atom stereocenters. The molecule has 0 bridgehead atoms. The maximum absolute atomic E-state index is 13.7. The summed E-state index contributed by atoms with van der Waals surface area (Å²) in [4.78, 5) is 20.6. The number of fused-ring (bicyclic) bond motifs is 3. The lowest BCUT2D eigenvalue weighted by Crippen LogP contribution is -2.37. The highest BCUT2D eigenvalue weighted by Crippen LogP contribution is 2.50. The summed E-state index contributed by atoms with van der Waals surface area (Å²) in [7, 11) is 0. The molecular weight excluding hydrogens is 426 g/mol. The van der Waals surface area contributed by atoms with E-state index in [2.05, 4.69) is 49.4 Å². The zero-order valence-electron chi connectivity index (χ0n) is 15.3. The number of rotatable bonds is 2. The smallest absolute Gasteiger partial charge is 0.245 e. The van der Waals surface area contributed by atoms with Crippen molar-refractivity contribution in [3.05, 3.63) is 100 Å². The summed E-state index contributed by atoms with van der Waals surface area (Å²) in [5, 5.41) is 5.24. The molecule has 0 spiro atoms. The summed E-state index contributed by atoms with van der Waals surface area (Å²) in [5.74, 6) is -0.0538. The summed E-state index contributed by atoms with van der Waals surface area (Å²) < 4.78 is 0.938. The van der Waals surface area contributed by atoms with Gasteiger partial charge in [-0.15, -0.1) is 0 Å². The number of benzene rings is 3. The van der Waals surface area contributed by atoms with Gasteiger partial charge in [0.15, 0.2) is 0 Å². The lowest BCUT2D eigenvalue weighted by Gasteiger charge is -2.27. The van der Waals surface area contributed by atoms with Crippen LogP contribution in [-0.4, -0.2) is 15.9 Å². The van der Waals surface area contributed by atoms with E-state index in [-0.39, 0.29) is 5.91 Å². The van der Waals surface area contributed by atoms with E-state index >= 15 is 0 Å². The normalized spacial score (nSPS) is 18.3. The molecule has 4 nitrogen and oxygen atoms in total. The van der Waals surface area contributed by atoms with Gasteiger partial charge in [-0.2, -0.15) is 0 Å². The van der Waals surface area contributed by atoms with Gasteiger partial charge in [-0.05, 0) is 41.8 Å². The van der Waals surface area contributed by atoms with E-state index in [4.69, 9.17) is 0 Å². The lowest BCUT2D eigenvalue weighted by atomic mass is 9.72. The molecule has 0 saturated carbocycles. The summed E-state index contributed by atoms with van der Waals surface area (Å²) in [6.45, 7) is 0. The van der Waals surface area contributed by atoms with Gasteiger partial charge in [0.1, 0.15) is 5.41 Å². The molecule has 1 atom stereocenters. The number of nitrogens with one attached hydrogen (secondary N) is 3. The maximum atomic E-state index is 13.7. The molecule has 29 heavy (non-hydrogen) atoms. The number of para-hydroxylation sites is 2. The quantitative estimate of drug-likeness (QED) is 0.323. The Bertz CT molecular complexity index is 1400. The van der Waals surface area contributed by atoms with Crippen LogP contribution in [0.5, 0.6) is 0 Å². The Labute approximate surface area is 175 Å². The predicted octanol–water partition coefficient (Wildman–Crippen LogP) is 5.70. The number of anilines is 1. The minimum absolute atomic E-state index is 0.0538. The van der Waals surface area contributed by atoms with E-state index in [9.17, 15) is 4.79 Å². The third-order valence-electron chi connectivity index (χ3n) is 5.90. The van der Waals surface area contributed by atoms with Gasteiger partial charge in [-0.3, -0.25) is 4.79 Å². The van der Waals surface area contributed by atoms with Crippen LogP contribution in [0.2, 0.25) is 0 Å². The molecule has 6 rings (SSSR count). The Morgan fingerprint density at radius 2 is 1.62 bits per heavy atom. The number of aromatic nitrogens is 2. The van der Waals surface area contributed by atoms with Gasteiger partial charge in [-0.1, -0.05) is 52.3 Å². The van der Waals surface area contributed by atoms with Gasteiger partial charge in [0.2, 0.25) is 5.91 Å². The van der Waals surface area contributed by atoms with E-state index < -0.39 is 5.41 Å². The van der Waals surface area contributed by atoms with E-state index in [0.29, 0.717) is 0 Å². The molecule has 1 amide bonds. The Balaban J connectivity index is 1.77. The van der Waals surface area contributed by atoms with Crippen molar-refractivity contribution >= 4 is 49.3 Å². The van der Waals surface area contributed by atoms with Crippen LogP contribution in [0.1, 0.15) is 16.8 Å². The first-order valence-corrected chi connectivity index (χ1v) is 10.2. The number of carbonyl (C=O) groups is 1. The average molecular weight is 442 g/mol. The van der Waals surface area contributed by atoms with E-state index in [0.717, 1.165) is 48.8 Å².